The van der Waals surface area contributed by atoms with Gasteiger partial charge in [-0.15, -0.1) is 0 Å². The second-order valence-electron chi connectivity index (χ2n) is 6.08. The number of hydrogen-bond acceptors (Lipinski definition) is 5. The number of alkyl halides is 2. The van der Waals surface area contributed by atoms with Crippen molar-refractivity contribution in [3.05, 3.63) is 66.5 Å². The van der Waals surface area contributed by atoms with Crippen molar-refractivity contribution in [1.29, 1.82) is 0 Å². The molecule has 29 heavy (non-hydrogen) atoms. The molecule has 0 aliphatic rings. The van der Waals surface area contributed by atoms with Crippen LogP contribution in [0.5, 0.6) is 11.5 Å². The van der Waals surface area contributed by atoms with Crippen molar-refractivity contribution in [2.45, 2.75) is 18.1 Å². The molecule has 0 atom stereocenters. The van der Waals surface area contributed by atoms with Crippen molar-refractivity contribution >= 4 is 10.0 Å². The first kappa shape index (κ1) is 20.7. The third kappa shape index (κ3) is 4.72. The fourth-order valence-corrected chi connectivity index (χ4v) is 3.78. The first-order valence-corrected chi connectivity index (χ1v) is 9.93. The highest BCUT2D eigenvalue weighted by Crippen LogP contribution is 2.30. The van der Waals surface area contributed by atoms with Gasteiger partial charge in [0.05, 0.1) is 25.2 Å². The van der Waals surface area contributed by atoms with Gasteiger partial charge < -0.3 is 9.47 Å². The lowest BCUT2D eigenvalue weighted by Crippen LogP contribution is -2.26. The molecule has 0 bridgehead atoms. The lowest BCUT2D eigenvalue weighted by Gasteiger charge is -2.17. The number of methoxy groups -OCH3 is 1. The van der Waals surface area contributed by atoms with Crippen LogP contribution >= 0.6 is 0 Å². The number of nitrogens with zero attached hydrogens (tertiary/aromatic N) is 3. The van der Waals surface area contributed by atoms with E-state index in [4.69, 9.17) is 4.74 Å². The Labute approximate surface area is 167 Å². The van der Waals surface area contributed by atoms with Crippen LogP contribution in [-0.4, -0.2) is 43.3 Å². The number of benzene rings is 2. The van der Waals surface area contributed by atoms with E-state index >= 15 is 0 Å². The zero-order chi connectivity index (χ0) is 21.0. The lowest BCUT2D eigenvalue weighted by molar-refractivity contribution is -0.0512. The first-order chi connectivity index (χ1) is 13.8. The molecule has 10 heteroatoms. The van der Waals surface area contributed by atoms with Gasteiger partial charge in [0.2, 0.25) is 10.0 Å². The largest absolute Gasteiger partial charge is 0.493 e. The zero-order valence-electron chi connectivity index (χ0n) is 15.7. The Bertz CT molecular complexity index is 1070. The molecule has 3 rings (SSSR count). The molecule has 7 nitrogen and oxygen atoms in total. The summed E-state index contributed by atoms with van der Waals surface area (Å²) in [7, 11) is -1.12. The molecule has 0 aliphatic heterocycles. The van der Waals surface area contributed by atoms with Crippen molar-refractivity contribution in [3.63, 3.8) is 0 Å². The van der Waals surface area contributed by atoms with Gasteiger partial charge in [0, 0.05) is 13.6 Å². The topological polar surface area (TPSA) is 73.7 Å². The first-order valence-electron chi connectivity index (χ1n) is 8.49. The van der Waals surface area contributed by atoms with Crippen LogP contribution in [0.3, 0.4) is 0 Å². The Hall–Kier alpha value is -2.98. The smallest absolute Gasteiger partial charge is 0.387 e. The summed E-state index contributed by atoms with van der Waals surface area (Å²) in [5.41, 5.74) is 1.18. The summed E-state index contributed by atoms with van der Waals surface area (Å²) in [6.45, 7) is -3.08. The Morgan fingerprint density at radius 1 is 1.14 bits per heavy atom. The van der Waals surface area contributed by atoms with Gasteiger partial charge in [-0.3, -0.25) is 0 Å². The summed E-state index contributed by atoms with van der Waals surface area (Å²) in [6, 6.07) is 13.4. The number of rotatable bonds is 8. The van der Waals surface area contributed by atoms with Crippen molar-refractivity contribution in [2.24, 2.45) is 0 Å². The maximum absolute atomic E-state index is 12.9. The van der Waals surface area contributed by atoms with E-state index in [2.05, 4.69) is 9.84 Å². The second kappa shape index (κ2) is 8.58. The Morgan fingerprint density at radius 2 is 1.86 bits per heavy atom. The summed E-state index contributed by atoms with van der Waals surface area (Å²) < 4.78 is 62.9. The molecule has 0 spiro atoms. The molecule has 0 saturated heterocycles. The minimum absolute atomic E-state index is 0.0152. The van der Waals surface area contributed by atoms with Gasteiger partial charge in [0.15, 0.2) is 11.5 Å². The predicted octanol–water partition coefficient (Wildman–Crippen LogP) is 3.30. The van der Waals surface area contributed by atoms with Crippen molar-refractivity contribution in [2.75, 3.05) is 14.2 Å². The van der Waals surface area contributed by atoms with E-state index in [1.54, 1.807) is 18.2 Å². The Kier molecular flexibility index (Phi) is 6.14. The van der Waals surface area contributed by atoms with E-state index in [0.717, 1.165) is 9.99 Å². The fraction of sp³-hybridized carbons (Fsp3) is 0.211. The van der Waals surface area contributed by atoms with E-state index in [-0.39, 0.29) is 22.9 Å². The molecule has 0 fully saturated rings. The molecule has 0 radical (unpaired) electrons. The number of halogens is 2. The van der Waals surface area contributed by atoms with E-state index in [1.807, 2.05) is 18.2 Å². The number of hydrogen-bond donors (Lipinski definition) is 0. The number of para-hydroxylation sites is 1. The average Bonchev–Trinajstić information content (AvgIpc) is 3.19. The van der Waals surface area contributed by atoms with Crippen LogP contribution in [0, 0.1) is 0 Å². The molecule has 2 aromatic carbocycles. The SMILES string of the molecule is COc1ccc(CN(C)S(=O)(=O)c2cnn(-c3ccccc3)c2)cc1OC(F)F. The molecule has 1 heterocycles. The van der Waals surface area contributed by atoms with E-state index in [0.29, 0.717) is 5.56 Å². The van der Waals surface area contributed by atoms with Gasteiger partial charge in [-0.2, -0.15) is 18.2 Å². The average molecular weight is 423 g/mol. The van der Waals surface area contributed by atoms with Crippen LogP contribution < -0.4 is 9.47 Å². The van der Waals surface area contributed by atoms with E-state index in [1.165, 1.54) is 43.4 Å². The van der Waals surface area contributed by atoms with Gasteiger partial charge in [-0.1, -0.05) is 24.3 Å². The summed E-state index contributed by atoms with van der Waals surface area (Å²) in [4.78, 5) is 0.0152. The summed E-state index contributed by atoms with van der Waals surface area (Å²) in [5, 5.41) is 4.10. The summed E-state index contributed by atoms with van der Waals surface area (Å²) in [6.07, 6.45) is 2.68. The van der Waals surface area contributed by atoms with Crippen molar-refractivity contribution in [3.8, 4) is 17.2 Å². The van der Waals surface area contributed by atoms with Crippen LogP contribution in [0.25, 0.3) is 5.69 Å². The van der Waals surface area contributed by atoms with Gasteiger partial charge in [-0.05, 0) is 29.8 Å². The highest BCUT2D eigenvalue weighted by molar-refractivity contribution is 7.89. The standard InChI is InChI=1S/C19H19F2N3O4S/c1-23(12-14-8-9-17(27-2)18(10-14)28-19(20)21)29(25,26)16-11-22-24(13-16)15-6-4-3-5-7-15/h3-11,13,19H,12H2,1-2H3. The highest BCUT2D eigenvalue weighted by atomic mass is 32.2. The van der Waals surface area contributed by atoms with Crippen molar-refractivity contribution in [1.82, 2.24) is 14.1 Å². The fourth-order valence-electron chi connectivity index (χ4n) is 2.69. The second-order valence-corrected chi connectivity index (χ2v) is 8.13. The van der Waals surface area contributed by atoms with Crippen LogP contribution in [0.4, 0.5) is 8.78 Å². The Balaban J connectivity index is 1.81. The third-order valence-electron chi connectivity index (χ3n) is 4.14. The molecular weight excluding hydrogens is 404 g/mol. The van der Waals surface area contributed by atoms with Crippen LogP contribution in [0.2, 0.25) is 0 Å². The van der Waals surface area contributed by atoms with Gasteiger partial charge in [0.1, 0.15) is 4.90 Å². The molecular formula is C19H19F2N3O4S. The van der Waals surface area contributed by atoms with Crippen LogP contribution in [0.15, 0.2) is 65.8 Å². The minimum Gasteiger partial charge on any atom is -0.493 e. The monoisotopic (exact) mass is 423 g/mol. The van der Waals surface area contributed by atoms with Crippen LogP contribution in [-0.2, 0) is 16.6 Å². The van der Waals surface area contributed by atoms with Gasteiger partial charge >= 0.3 is 6.61 Å². The molecule has 3 aromatic rings. The van der Waals surface area contributed by atoms with Crippen LogP contribution in [0.1, 0.15) is 5.56 Å². The lowest BCUT2D eigenvalue weighted by atomic mass is 10.2. The van der Waals surface area contributed by atoms with E-state index < -0.39 is 16.6 Å². The highest BCUT2D eigenvalue weighted by Gasteiger charge is 2.23. The Morgan fingerprint density at radius 3 is 2.52 bits per heavy atom. The molecule has 1 aromatic heterocycles. The van der Waals surface area contributed by atoms with Gasteiger partial charge in [-0.25, -0.2) is 13.1 Å². The molecule has 0 saturated carbocycles. The molecule has 0 N–H and O–H groups in total. The van der Waals surface area contributed by atoms with Crippen molar-refractivity contribution < 1.29 is 26.7 Å². The third-order valence-corrected chi connectivity index (χ3v) is 5.89. The summed E-state index contributed by atoms with van der Waals surface area (Å²) >= 11 is 0. The minimum atomic E-state index is -3.85. The molecule has 0 unspecified atom stereocenters. The predicted molar refractivity (Wildman–Crippen MR) is 102 cm³/mol. The normalized spacial score (nSPS) is 11.8. The number of ether oxygens (including phenoxy) is 2. The van der Waals surface area contributed by atoms with Gasteiger partial charge in [0.25, 0.3) is 0 Å². The summed E-state index contributed by atoms with van der Waals surface area (Å²) in [5.74, 6) is -0.0357. The maximum Gasteiger partial charge on any atom is 0.387 e. The molecule has 154 valence electrons. The number of aromatic nitrogens is 2. The molecule has 0 aliphatic carbocycles. The zero-order valence-corrected chi connectivity index (χ0v) is 16.5. The maximum atomic E-state index is 12.9. The number of sulfonamides is 1. The van der Waals surface area contributed by atoms with E-state index in [9.17, 15) is 17.2 Å². The quantitative estimate of drug-likeness (QED) is 0.556. The molecule has 0 amide bonds.